The molecule has 1 heterocycles. The zero-order chi connectivity index (χ0) is 10.2. The molecule has 2 rings (SSSR count). The van der Waals surface area contributed by atoms with Crippen molar-refractivity contribution in [3.8, 4) is 0 Å². The first-order valence-electron chi connectivity index (χ1n) is 5.73. The molecule has 1 aliphatic heterocycles. The van der Waals surface area contributed by atoms with Crippen LogP contribution in [0.25, 0.3) is 0 Å². The van der Waals surface area contributed by atoms with Crippen molar-refractivity contribution >= 4 is 6.29 Å². The molecule has 1 aliphatic carbocycles. The first kappa shape index (κ1) is 11.7. The van der Waals surface area contributed by atoms with E-state index in [2.05, 4.69) is 10.2 Å². The summed E-state index contributed by atoms with van der Waals surface area (Å²) >= 11 is 0. The number of hydrogen-bond donors (Lipinski definition) is 1. The Morgan fingerprint density at radius 1 is 1.21 bits per heavy atom. The third-order valence-corrected chi connectivity index (χ3v) is 2.99. The van der Waals surface area contributed by atoms with Crippen molar-refractivity contribution in [2.45, 2.75) is 38.6 Å². The fraction of sp³-hybridized carbons (Fsp3) is 0.909. The van der Waals surface area contributed by atoms with Crippen molar-refractivity contribution in [3.05, 3.63) is 0 Å². The average molecular weight is 198 g/mol. The van der Waals surface area contributed by atoms with Gasteiger partial charge < -0.3 is 10.1 Å². The van der Waals surface area contributed by atoms with Gasteiger partial charge in [-0.15, -0.1) is 0 Å². The molecule has 1 saturated carbocycles. The second-order valence-corrected chi connectivity index (χ2v) is 3.96. The van der Waals surface area contributed by atoms with E-state index in [-0.39, 0.29) is 0 Å². The third kappa shape index (κ3) is 3.76. The zero-order valence-corrected chi connectivity index (χ0v) is 9.17. The van der Waals surface area contributed by atoms with Crippen LogP contribution in [0.5, 0.6) is 0 Å². The van der Waals surface area contributed by atoms with Gasteiger partial charge in [-0.2, -0.15) is 0 Å². The molecule has 1 N–H and O–H groups in total. The number of rotatable bonds is 1. The molecular formula is C11H22N2O. The molecule has 3 nitrogen and oxygen atoms in total. The van der Waals surface area contributed by atoms with Gasteiger partial charge in [0.15, 0.2) is 0 Å². The minimum absolute atomic E-state index is 0.750. The van der Waals surface area contributed by atoms with Crippen molar-refractivity contribution < 1.29 is 4.79 Å². The number of carbonyl (C=O) groups is 1. The van der Waals surface area contributed by atoms with E-state index in [0.717, 1.165) is 12.3 Å². The Bertz CT molecular complexity index is 149. The maximum Gasteiger partial charge on any atom is 0.116 e. The first-order valence-corrected chi connectivity index (χ1v) is 5.73. The SMILES string of the molecule is C1CCC(N2CCNCC2)C1.CC=O. The van der Waals surface area contributed by atoms with Gasteiger partial charge in [0.05, 0.1) is 0 Å². The Balaban J connectivity index is 0.000000293. The number of nitrogens with zero attached hydrogens (tertiary/aromatic N) is 1. The van der Waals surface area contributed by atoms with Crippen molar-refractivity contribution in [1.82, 2.24) is 10.2 Å². The van der Waals surface area contributed by atoms with Crippen LogP contribution in [-0.2, 0) is 4.79 Å². The van der Waals surface area contributed by atoms with E-state index in [4.69, 9.17) is 4.79 Å². The van der Waals surface area contributed by atoms with Crippen LogP contribution in [0, 0.1) is 0 Å². The number of aldehydes is 1. The van der Waals surface area contributed by atoms with Gasteiger partial charge in [0.25, 0.3) is 0 Å². The predicted octanol–water partition coefficient (Wildman–Crippen LogP) is 1.04. The number of piperazine rings is 1. The van der Waals surface area contributed by atoms with Crippen molar-refractivity contribution in [2.24, 2.45) is 0 Å². The fourth-order valence-corrected chi connectivity index (χ4v) is 2.32. The molecule has 14 heavy (non-hydrogen) atoms. The second-order valence-electron chi connectivity index (χ2n) is 3.96. The highest BCUT2D eigenvalue weighted by Crippen LogP contribution is 2.23. The Morgan fingerprint density at radius 3 is 2.21 bits per heavy atom. The molecule has 0 radical (unpaired) electrons. The maximum atomic E-state index is 8.81. The summed E-state index contributed by atoms with van der Waals surface area (Å²) in [6.07, 6.45) is 6.60. The molecule has 2 fully saturated rings. The molecule has 0 unspecified atom stereocenters. The van der Waals surface area contributed by atoms with Crippen LogP contribution in [0.4, 0.5) is 0 Å². The van der Waals surface area contributed by atoms with Crippen LogP contribution in [0.15, 0.2) is 0 Å². The van der Waals surface area contributed by atoms with Gasteiger partial charge in [-0.3, -0.25) is 4.90 Å². The molecule has 0 atom stereocenters. The molecular weight excluding hydrogens is 176 g/mol. The summed E-state index contributed by atoms with van der Waals surface area (Å²) in [4.78, 5) is 11.5. The molecule has 0 aromatic carbocycles. The van der Waals surface area contributed by atoms with E-state index >= 15 is 0 Å². The van der Waals surface area contributed by atoms with Crippen LogP contribution in [0.3, 0.4) is 0 Å². The van der Waals surface area contributed by atoms with Gasteiger partial charge in [-0.25, -0.2) is 0 Å². The van der Waals surface area contributed by atoms with E-state index < -0.39 is 0 Å². The predicted molar refractivity (Wildman–Crippen MR) is 58.4 cm³/mol. The average Bonchev–Trinajstić information content (AvgIpc) is 2.73. The van der Waals surface area contributed by atoms with Crippen molar-refractivity contribution in [2.75, 3.05) is 26.2 Å². The van der Waals surface area contributed by atoms with Crippen LogP contribution in [0.2, 0.25) is 0 Å². The molecule has 2 aliphatic rings. The van der Waals surface area contributed by atoms with Crippen LogP contribution >= 0.6 is 0 Å². The largest absolute Gasteiger partial charge is 0.314 e. The fourth-order valence-electron chi connectivity index (χ4n) is 2.32. The van der Waals surface area contributed by atoms with E-state index in [1.54, 1.807) is 0 Å². The topological polar surface area (TPSA) is 32.3 Å². The van der Waals surface area contributed by atoms with E-state index in [0.29, 0.717) is 0 Å². The highest BCUT2D eigenvalue weighted by Gasteiger charge is 2.22. The smallest absolute Gasteiger partial charge is 0.116 e. The maximum absolute atomic E-state index is 8.81. The number of nitrogens with one attached hydrogen (secondary N) is 1. The highest BCUT2D eigenvalue weighted by atomic mass is 16.1. The summed E-state index contributed by atoms with van der Waals surface area (Å²) < 4.78 is 0. The number of hydrogen-bond acceptors (Lipinski definition) is 3. The van der Waals surface area contributed by atoms with Crippen molar-refractivity contribution in [3.63, 3.8) is 0 Å². The molecule has 0 amide bonds. The Kier molecular flexibility index (Phi) is 5.80. The first-order chi connectivity index (χ1) is 6.88. The van der Waals surface area contributed by atoms with E-state index in [1.807, 2.05) is 0 Å². The van der Waals surface area contributed by atoms with Crippen LogP contribution in [0.1, 0.15) is 32.6 Å². The van der Waals surface area contributed by atoms with Gasteiger partial charge >= 0.3 is 0 Å². The highest BCUT2D eigenvalue weighted by molar-refractivity contribution is 5.44. The molecule has 0 aromatic heterocycles. The second kappa shape index (κ2) is 6.96. The normalized spacial score (nSPS) is 24.1. The third-order valence-electron chi connectivity index (χ3n) is 2.99. The lowest BCUT2D eigenvalue weighted by Gasteiger charge is -2.32. The monoisotopic (exact) mass is 198 g/mol. The lowest BCUT2D eigenvalue weighted by Crippen LogP contribution is -2.47. The summed E-state index contributed by atoms with van der Waals surface area (Å²) in [6.45, 7) is 6.42. The van der Waals surface area contributed by atoms with Crippen LogP contribution < -0.4 is 5.32 Å². The number of carbonyl (C=O) groups excluding carboxylic acids is 1. The lowest BCUT2D eigenvalue weighted by molar-refractivity contribution is -0.106. The Hall–Kier alpha value is -0.410. The van der Waals surface area contributed by atoms with E-state index in [9.17, 15) is 0 Å². The molecule has 0 spiro atoms. The van der Waals surface area contributed by atoms with E-state index in [1.165, 1.54) is 58.8 Å². The summed E-state index contributed by atoms with van der Waals surface area (Å²) in [5.74, 6) is 0. The summed E-state index contributed by atoms with van der Waals surface area (Å²) in [7, 11) is 0. The van der Waals surface area contributed by atoms with Gasteiger partial charge in [0.2, 0.25) is 0 Å². The molecule has 82 valence electrons. The molecule has 1 saturated heterocycles. The van der Waals surface area contributed by atoms with Crippen LogP contribution in [-0.4, -0.2) is 43.4 Å². The zero-order valence-electron chi connectivity index (χ0n) is 9.17. The molecule has 0 aromatic rings. The summed E-state index contributed by atoms with van der Waals surface area (Å²) in [5.41, 5.74) is 0. The Labute approximate surface area is 86.9 Å². The summed E-state index contributed by atoms with van der Waals surface area (Å²) in [6, 6.07) is 0.942. The molecule has 0 bridgehead atoms. The standard InChI is InChI=1S/C9H18N2.C2H4O/c1-2-4-9(3-1)11-7-5-10-6-8-11;1-2-3/h9-10H,1-8H2;2H,1H3. The summed E-state index contributed by atoms with van der Waals surface area (Å²) in [5, 5.41) is 3.40. The van der Waals surface area contributed by atoms with Gasteiger partial charge in [0, 0.05) is 32.2 Å². The minimum Gasteiger partial charge on any atom is -0.314 e. The Morgan fingerprint density at radius 2 is 1.71 bits per heavy atom. The van der Waals surface area contributed by atoms with Crippen molar-refractivity contribution in [1.29, 1.82) is 0 Å². The van der Waals surface area contributed by atoms with Gasteiger partial charge in [0.1, 0.15) is 6.29 Å². The van der Waals surface area contributed by atoms with Gasteiger partial charge in [-0.05, 0) is 19.8 Å². The minimum atomic E-state index is 0.750. The quantitative estimate of drug-likeness (QED) is 0.639. The molecule has 3 heteroatoms. The van der Waals surface area contributed by atoms with Gasteiger partial charge in [-0.1, -0.05) is 12.8 Å². The lowest BCUT2D eigenvalue weighted by atomic mass is 10.2.